The number of primary amides is 1. The summed E-state index contributed by atoms with van der Waals surface area (Å²) in [5.74, 6) is -6.68. The Kier molecular flexibility index (Phi) is 14.7. The topological polar surface area (TPSA) is 198 Å². The molecule has 0 aromatic rings. The van der Waals surface area contributed by atoms with Gasteiger partial charge in [0.15, 0.2) is 0 Å². The Bertz CT molecular complexity index is 594. The molecule has 5 atom stereocenters. The highest BCUT2D eigenvalue weighted by atomic mass is 28.1. The van der Waals surface area contributed by atoms with Crippen molar-refractivity contribution in [3.05, 3.63) is 0 Å². The Morgan fingerprint density at radius 2 is 1.65 bits per heavy atom. The van der Waals surface area contributed by atoms with Crippen molar-refractivity contribution in [3.63, 3.8) is 0 Å². The number of rotatable bonds is 17. The lowest BCUT2D eigenvalue weighted by Crippen LogP contribution is -2.38. The van der Waals surface area contributed by atoms with Gasteiger partial charge < -0.3 is 20.7 Å². The van der Waals surface area contributed by atoms with Gasteiger partial charge in [-0.3, -0.25) is 29.2 Å². The molecule has 31 heavy (non-hydrogen) atoms. The highest BCUT2D eigenvalue weighted by molar-refractivity contribution is 6.08. The molecule has 0 saturated carbocycles. The molecule has 0 aliphatic heterocycles. The average molecular weight is 466 g/mol. The van der Waals surface area contributed by atoms with Crippen molar-refractivity contribution in [2.24, 2.45) is 29.4 Å². The zero-order chi connectivity index (χ0) is 24.0. The molecule has 3 amide bonds. The van der Waals surface area contributed by atoms with E-state index in [1.165, 1.54) is 12.4 Å². The molecule has 0 aliphatic rings. The highest BCUT2D eigenvalue weighted by Crippen LogP contribution is 2.26. The molecule has 0 radical (unpaired) electrons. The van der Waals surface area contributed by atoms with E-state index in [0.29, 0.717) is 6.23 Å². The maximum Gasteiger partial charge on any atom is 0.306 e. The minimum absolute atomic E-state index is 0.0542. The van der Waals surface area contributed by atoms with Crippen LogP contribution in [-0.4, -0.2) is 74.9 Å². The second-order valence-corrected chi connectivity index (χ2v) is 7.99. The molecule has 5 unspecified atom stereocenters. The molecule has 0 aliphatic carbocycles. The number of hydrogen-bond donors (Lipinski definition) is 6. The molecular formula is C18H35N3O9Si. The molecule has 0 aromatic heterocycles. The predicted octanol–water partition coefficient (Wildman–Crippen LogP) is -2.13. The van der Waals surface area contributed by atoms with Crippen LogP contribution >= 0.6 is 0 Å². The molecule has 0 aromatic carbocycles. The van der Waals surface area contributed by atoms with Gasteiger partial charge in [-0.25, -0.2) is 11.0 Å². The van der Waals surface area contributed by atoms with E-state index in [4.69, 9.17) is 20.5 Å². The summed E-state index contributed by atoms with van der Waals surface area (Å²) >= 11 is 0. The van der Waals surface area contributed by atoms with Crippen LogP contribution < -0.4 is 16.7 Å². The Labute approximate surface area is 184 Å². The Balaban J connectivity index is 4.95. The van der Waals surface area contributed by atoms with Crippen LogP contribution in [0.2, 0.25) is 0 Å². The van der Waals surface area contributed by atoms with E-state index in [0.717, 1.165) is 10.2 Å². The predicted molar refractivity (Wildman–Crippen MR) is 111 cm³/mol. The van der Waals surface area contributed by atoms with Gasteiger partial charge in [0, 0.05) is 34.2 Å². The molecular weight excluding hydrogens is 430 g/mol. The van der Waals surface area contributed by atoms with E-state index < -0.39 is 53.5 Å². The zero-order valence-electron chi connectivity index (χ0n) is 18.2. The first-order valence-corrected chi connectivity index (χ1v) is 11.6. The molecule has 0 bridgehead atoms. The first-order chi connectivity index (χ1) is 14.6. The number of aliphatic hydroxyl groups is 1. The standard InChI is InChI=1S/C18H35N3O9Si/c1-3-11(18(26)27)5-12(15(19)23)6-13(17(25)20-28)4-10(2)16(24)21-30-8-14(22)7-29-9-31/h10-14,22,28H,3-9H2,1-2,31H3,(H2,19,23)(H,20,25)(H,21,24)(H,26,27). The van der Waals surface area contributed by atoms with E-state index in [-0.39, 0.29) is 38.9 Å². The van der Waals surface area contributed by atoms with Crippen LogP contribution in [-0.2, 0) is 28.8 Å². The summed E-state index contributed by atoms with van der Waals surface area (Å²) < 4.78 is 5.07. The number of aliphatic hydroxyl groups excluding tert-OH is 1. The summed E-state index contributed by atoms with van der Waals surface area (Å²) in [6.45, 7) is 3.08. The summed E-state index contributed by atoms with van der Waals surface area (Å²) in [6.07, 6.45) is -0.299. The smallest absolute Gasteiger partial charge is 0.306 e. The van der Waals surface area contributed by atoms with Gasteiger partial charge in [0.1, 0.15) is 12.7 Å². The minimum Gasteiger partial charge on any atom is -0.481 e. The molecule has 0 fully saturated rings. The van der Waals surface area contributed by atoms with Gasteiger partial charge in [-0.15, -0.1) is 0 Å². The number of carboxylic acids is 1. The number of ether oxygens (including phenoxy) is 1. The maximum absolute atomic E-state index is 12.2. The number of nitrogens with one attached hydrogen (secondary N) is 2. The summed E-state index contributed by atoms with van der Waals surface area (Å²) in [7, 11) is 0.834. The van der Waals surface area contributed by atoms with Crippen molar-refractivity contribution in [1.82, 2.24) is 11.0 Å². The molecule has 13 heteroatoms. The van der Waals surface area contributed by atoms with Gasteiger partial charge in [-0.1, -0.05) is 13.8 Å². The van der Waals surface area contributed by atoms with Crippen molar-refractivity contribution in [3.8, 4) is 0 Å². The van der Waals surface area contributed by atoms with Gasteiger partial charge >= 0.3 is 5.97 Å². The fourth-order valence-electron chi connectivity index (χ4n) is 3.00. The monoisotopic (exact) mass is 465 g/mol. The van der Waals surface area contributed by atoms with Crippen LogP contribution in [0.1, 0.15) is 39.5 Å². The van der Waals surface area contributed by atoms with E-state index in [2.05, 4.69) is 5.48 Å². The van der Waals surface area contributed by atoms with Crippen LogP contribution in [0.15, 0.2) is 0 Å². The second kappa shape index (κ2) is 15.7. The van der Waals surface area contributed by atoms with E-state index in [1.54, 1.807) is 6.92 Å². The van der Waals surface area contributed by atoms with Crippen molar-refractivity contribution in [1.29, 1.82) is 0 Å². The van der Waals surface area contributed by atoms with Gasteiger partial charge in [-0.05, 0) is 25.7 Å². The van der Waals surface area contributed by atoms with Gasteiger partial charge in [0.05, 0.1) is 12.5 Å². The lowest BCUT2D eigenvalue weighted by Gasteiger charge is -2.24. The molecule has 12 nitrogen and oxygen atoms in total. The van der Waals surface area contributed by atoms with Gasteiger partial charge in [-0.2, -0.15) is 0 Å². The number of aliphatic carboxylic acids is 1. The number of amides is 3. The summed E-state index contributed by atoms with van der Waals surface area (Å²) in [4.78, 5) is 52.3. The molecule has 0 heterocycles. The van der Waals surface area contributed by atoms with Crippen molar-refractivity contribution in [2.75, 3.05) is 19.4 Å². The number of carbonyl (C=O) groups is 4. The molecule has 0 saturated heterocycles. The van der Waals surface area contributed by atoms with E-state index >= 15 is 0 Å². The first-order valence-electron chi connectivity index (χ1n) is 10.2. The number of nitrogens with two attached hydrogens (primary N) is 1. The van der Waals surface area contributed by atoms with Crippen LogP contribution in [0.3, 0.4) is 0 Å². The summed E-state index contributed by atoms with van der Waals surface area (Å²) in [6, 6.07) is 0. The number of hydroxylamine groups is 2. The zero-order valence-corrected chi connectivity index (χ0v) is 20.2. The SMILES string of the molecule is CCC(CC(CC(CC(C)C(=O)NOCC(O)COC[SiH3])C(=O)NO)C(N)=O)C(=O)O. The number of hydrogen-bond acceptors (Lipinski definition) is 8. The lowest BCUT2D eigenvalue weighted by molar-refractivity contribution is -0.143. The van der Waals surface area contributed by atoms with Crippen molar-refractivity contribution >= 4 is 33.9 Å². The summed E-state index contributed by atoms with van der Waals surface area (Å²) in [5.41, 5.74) is 9.07. The minimum atomic E-state index is -1.07. The third-order valence-electron chi connectivity index (χ3n) is 4.91. The Morgan fingerprint density at radius 1 is 1.03 bits per heavy atom. The molecule has 180 valence electrons. The normalized spacial score (nSPS) is 16.0. The second-order valence-electron chi connectivity index (χ2n) is 7.41. The van der Waals surface area contributed by atoms with Crippen LogP contribution in [0, 0.1) is 23.7 Å². The highest BCUT2D eigenvalue weighted by Gasteiger charge is 2.32. The van der Waals surface area contributed by atoms with E-state index in [1.807, 2.05) is 0 Å². The quantitative estimate of drug-likeness (QED) is 0.0789. The third-order valence-corrected chi connectivity index (χ3v) is 5.32. The molecule has 7 N–H and O–H groups in total. The number of carbonyl (C=O) groups excluding carboxylic acids is 3. The lowest BCUT2D eigenvalue weighted by atomic mass is 9.82. The van der Waals surface area contributed by atoms with E-state index in [9.17, 15) is 29.4 Å². The van der Waals surface area contributed by atoms with Crippen molar-refractivity contribution < 1.29 is 44.2 Å². The van der Waals surface area contributed by atoms with Crippen molar-refractivity contribution in [2.45, 2.75) is 45.6 Å². The first kappa shape index (κ1) is 28.9. The Hall–Kier alpha value is -2.06. The van der Waals surface area contributed by atoms with Gasteiger partial charge in [0.2, 0.25) is 17.7 Å². The fraction of sp³-hybridized carbons (Fsp3) is 0.778. The molecule has 0 spiro atoms. The van der Waals surface area contributed by atoms with Crippen LogP contribution in [0.4, 0.5) is 0 Å². The van der Waals surface area contributed by atoms with Crippen LogP contribution in [0.5, 0.6) is 0 Å². The number of carboxylic acid groups (broad SMARTS) is 1. The average Bonchev–Trinajstić information content (AvgIpc) is 2.72. The largest absolute Gasteiger partial charge is 0.481 e. The maximum atomic E-state index is 12.2. The third kappa shape index (κ3) is 11.8. The summed E-state index contributed by atoms with van der Waals surface area (Å²) in [5, 5.41) is 27.9. The fourth-order valence-corrected chi connectivity index (χ4v) is 3.24. The van der Waals surface area contributed by atoms with Crippen LogP contribution in [0.25, 0.3) is 0 Å². The Morgan fingerprint density at radius 3 is 2.13 bits per heavy atom. The molecule has 0 rings (SSSR count). The van der Waals surface area contributed by atoms with Gasteiger partial charge in [0.25, 0.3) is 0 Å².